The molecule has 3 nitrogen and oxygen atoms in total. The monoisotopic (exact) mass is 304 g/mol. The van der Waals surface area contributed by atoms with Crippen LogP contribution in [0.5, 0.6) is 0 Å². The zero-order valence-corrected chi connectivity index (χ0v) is 13.8. The molecule has 2 rings (SSSR count). The minimum atomic E-state index is -0.440. The van der Waals surface area contributed by atoms with Gasteiger partial charge in [-0.05, 0) is 37.3 Å². The third-order valence-electron chi connectivity index (χ3n) is 4.44. The lowest BCUT2D eigenvalue weighted by molar-refractivity contribution is -0.131. The van der Waals surface area contributed by atoms with Gasteiger partial charge < -0.3 is 11.1 Å². The van der Waals surface area contributed by atoms with Crippen molar-refractivity contribution in [2.45, 2.75) is 39.7 Å². The standard InChI is InChI=1S/C17H24N2OS/c1-4-17(5-2,11-18)16(20)19-12(3)15-10-13-8-6-7-9-14(13)21-15/h6-10,12H,4-5,11,18H2,1-3H3,(H,19,20). The van der Waals surface area contributed by atoms with Crippen LogP contribution < -0.4 is 11.1 Å². The second-order valence-corrected chi connectivity index (χ2v) is 6.69. The van der Waals surface area contributed by atoms with E-state index in [0.29, 0.717) is 6.54 Å². The normalized spacial score (nSPS) is 13.3. The minimum Gasteiger partial charge on any atom is -0.348 e. The van der Waals surface area contributed by atoms with Crippen LogP contribution in [0.3, 0.4) is 0 Å². The minimum absolute atomic E-state index is 0.0129. The molecule has 0 saturated carbocycles. The molecule has 21 heavy (non-hydrogen) atoms. The van der Waals surface area contributed by atoms with Crippen LogP contribution in [0.25, 0.3) is 10.1 Å². The molecule has 1 atom stereocenters. The summed E-state index contributed by atoms with van der Waals surface area (Å²) in [6.45, 7) is 6.49. The number of hydrogen-bond acceptors (Lipinski definition) is 3. The highest BCUT2D eigenvalue weighted by atomic mass is 32.1. The number of benzene rings is 1. The fraction of sp³-hybridized carbons (Fsp3) is 0.471. The number of hydrogen-bond donors (Lipinski definition) is 2. The second kappa shape index (κ2) is 6.58. The Bertz CT molecular complexity index is 575. The molecular formula is C17H24N2OS. The van der Waals surface area contributed by atoms with Gasteiger partial charge >= 0.3 is 0 Å². The fourth-order valence-electron chi connectivity index (χ4n) is 2.59. The number of amides is 1. The van der Waals surface area contributed by atoms with E-state index in [4.69, 9.17) is 5.73 Å². The number of rotatable bonds is 6. The highest BCUT2D eigenvalue weighted by Gasteiger charge is 2.34. The van der Waals surface area contributed by atoms with Crippen molar-refractivity contribution in [3.8, 4) is 0 Å². The molecule has 1 aromatic carbocycles. The SMILES string of the molecule is CCC(CC)(CN)C(=O)NC(C)c1cc2ccccc2s1. The highest BCUT2D eigenvalue weighted by Crippen LogP contribution is 2.31. The zero-order chi connectivity index (χ0) is 15.5. The molecule has 2 aromatic rings. The van der Waals surface area contributed by atoms with Gasteiger partial charge in [0.05, 0.1) is 11.5 Å². The number of carbonyl (C=O) groups excluding carboxylic acids is 1. The Morgan fingerprint density at radius 1 is 1.33 bits per heavy atom. The van der Waals surface area contributed by atoms with Gasteiger partial charge in [0.25, 0.3) is 0 Å². The number of thiophene rings is 1. The molecule has 1 unspecified atom stereocenters. The summed E-state index contributed by atoms with van der Waals surface area (Å²) < 4.78 is 1.25. The number of nitrogens with one attached hydrogen (secondary N) is 1. The predicted molar refractivity (Wildman–Crippen MR) is 90.5 cm³/mol. The number of nitrogens with two attached hydrogens (primary N) is 1. The average Bonchev–Trinajstić information content (AvgIpc) is 2.93. The van der Waals surface area contributed by atoms with Crippen LogP contribution in [-0.2, 0) is 4.79 Å². The van der Waals surface area contributed by atoms with Crippen molar-refractivity contribution in [1.29, 1.82) is 0 Å². The molecule has 0 radical (unpaired) electrons. The molecule has 0 aliphatic heterocycles. The molecule has 0 aliphatic rings. The van der Waals surface area contributed by atoms with Crippen molar-refractivity contribution in [2.75, 3.05) is 6.54 Å². The van der Waals surface area contributed by atoms with Gasteiger partial charge in [0.15, 0.2) is 0 Å². The molecule has 0 bridgehead atoms. The Morgan fingerprint density at radius 3 is 2.57 bits per heavy atom. The summed E-state index contributed by atoms with van der Waals surface area (Å²) in [4.78, 5) is 13.8. The maximum Gasteiger partial charge on any atom is 0.227 e. The zero-order valence-electron chi connectivity index (χ0n) is 13.0. The summed E-state index contributed by atoms with van der Waals surface area (Å²) in [5, 5.41) is 4.37. The number of fused-ring (bicyclic) bond motifs is 1. The molecule has 114 valence electrons. The van der Waals surface area contributed by atoms with E-state index in [9.17, 15) is 4.79 Å². The summed E-state index contributed by atoms with van der Waals surface area (Å²) in [6.07, 6.45) is 1.54. The first kappa shape index (κ1) is 16.0. The first-order valence-corrected chi connectivity index (χ1v) is 8.37. The van der Waals surface area contributed by atoms with Crippen molar-refractivity contribution in [3.63, 3.8) is 0 Å². The van der Waals surface area contributed by atoms with Crippen LogP contribution in [-0.4, -0.2) is 12.5 Å². The summed E-state index contributed by atoms with van der Waals surface area (Å²) in [7, 11) is 0. The Morgan fingerprint density at radius 2 is 2.00 bits per heavy atom. The number of carbonyl (C=O) groups is 1. The molecule has 0 fully saturated rings. The van der Waals surface area contributed by atoms with E-state index in [2.05, 4.69) is 23.5 Å². The lowest BCUT2D eigenvalue weighted by atomic mass is 9.81. The molecule has 1 aromatic heterocycles. The van der Waals surface area contributed by atoms with Crippen molar-refractivity contribution >= 4 is 27.3 Å². The van der Waals surface area contributed by atoms with Crippen LogP contribution in [0.15, 0.2) is 30.3 Å². The van der Waals surface area contributed by atoms with Crippen LogP contribution in [0, 0.1) is 5.41 Å². The van der Waals surface area contributed by atoms with Gasteiger partial charge in [0.1, 0.15) is 0 Å². The summed E-state index contributed by atoms with van der Waals surface area (Å²) >= 11 is 1.73. The van der Waals surface area contributed by atoms with Crippen LogP contribution >= 0.6 is 11.3 Å². The lowest BCUT2D eigenvalue weighted by Gasteiger charge is -2.30. The van der Waals surface area contributed by atoms with E-state index >= 15 is 0 Å². The van der Waals surface area contributed by atoms with Crippen LogP contribution in [0.2, 0.25) is 0 Å². The summed E-state index contributed by atoms with van der Waals surface area (Å²) in [6, 6.07) is 10.5. The van der Waals surface area contributed by atoms with Gasteiger partial charge in [-0.1, -0.05) is 32.0 Å². The van der Waals surface area contributed by atoms with Crippen molar-refractivity contribution in [2.24, 2.45) is 11.1 Å². The lowest BCUT2D eigenvalue weighted by Crippen LogP contribution is -2.45. The molecule has 0 saturated heterocycles. The van der Waals surface area contributed by atoms with Gasteiger partial charge in [0.2, 0.25) is 5.91 Å². The van der Waals surface area contributed by atoms with E-state index in [1.807, 2.05) is 32.9 Å². The van der Waals surface area contributed by atoms with Gasteiger partial charge in [-0.25, -0.2) is 0 Å². The van der Waals surface area contributed by atoms with E-state index in [1.165, 1.54) is 15.0 Å². The van der Waals surface area contributed by atoms with Crippen molar-refractivity contribution in [1.82, 2.24) is 5.32 Å². The molecule has 3 N–H and O–H groups in total. The van der Waals surface area contributed by atoms with Gasteiger partial charge in [-0.2, -0.15) is 0 Å². The van der Waals surface area contributed by atoms with E-state index < -0.39 is 5.41 Å². The van der Waals surface area contributed by atoms with Gasteiger partial charge in [0, 0.05) is 16.1 Å². The first-order chi connectivity index (χ1) is 10.1. The summed E-state index contributed by atoms with van der Waals surface area (Å²) in [5.74, 6) is 0.0694. The Balaban J connectivity index is 2.17. The quantitative estimate of drug-likeness (QED) is 0.852. The average molecular weight is 304 g/mol. The maximum atomic E-state index is 12.6. The van der Waals surface area contributed by atoms with E-state index in [1.54, 1.807) is 11.3 Å². The van der Waals surface area contributed by atoms with E-state index in [-0.39, 0.29) is 11.9 Å². The molecule has 4 heteroatoms. The maximum absolute atomic E-state index is 12.6. The van der Waals surface area contributed by atoms with E-state index in [0.717, 1.165) is 12.8 Å². The Labute approximate surface area is 130 Å². The van der Waals surface area contributed by atoms with Crippen molar-refractivity contribution in [3.05, 3.63) is 35.2 Å². The van der Waals surface area contributed by atoms with Crippen LogP contribution in [0.4, 0.5) is 0 Å². The molecule has 0 aliphatic carbocycles. The first-order valence-electron chi connectivity index (χ1n) is 7.55. The van der Waals surface area contributed by atoms with Gasteiger partial charge in [-0.15, -0.1) is 11.3 Å². The fourth-order valence-corrected chi connectivity index (χ4v) is 3.66. The Hall–Kier alpha value is -1.39. The topological polar surface area (TPSA) is 55.1 Å². The molecule has 0 spiro atoms. The van der Waals surface area contributed by atoms with Crippen molar-refractivity contribution < 1.29 is 4.79 Å². The second-order valence-electron chi connectivity index (χ2n) is 5.57. The molecule has 1 heterocycles. The highest BCUT2D eigenvalue weighted by molar-refractivity contribution is 7.19. The van der Waals surface area contributed by atoms with Crippen LogP contribution in [0.1, 0.15) is 44.5 Å². The smallest absolute Gasteiger partial charge is 0.227 e. The summed E-state index contributed by atoms with van der Waals surface area (Å²) in [5.41, 5.74) is 5.41. The van der Waals surface area contributed by atoms with Gasteiger partial charge in [-0.3, -0.25) is 4.79 Å². The molecular weight excluding hydrogens is 280 g/mol. The molecule has 1 amide bonds. The third kappa shape index (κ3) is 3.11. The third-order valence-corrected chi connectivity index (χ3v) is 5.74. The Kier molecular flexibility index (Phi) is 5.01. The predicted octanol–water partition coefficient (Wildman–Crippen LogP) is 3.84. The largest absolute Gasteiger partial charge is 0.348 e.